The van der Waals surface area contributed by atoms with Crippen LogP contribution in [0.2, 0.25) is 0 Å². The fraction of sp³-hybridized carbons (Fsp3) is 0.125. The first-order valence-electron chi connectivity index (χ1n) is 6.95. The molecule has 2 aromatic carbocycles. The van der Waals surface area contributed by atoms with Crippen molar-refractivity contribution >= 4 is 22.7 Å². The highest BCUT2D eigenvalue weighted by atomic mass is 19.4. The maximum absolute atomic E-state index is 13.6. The van der Waals surface area contributed by atoms with Crippen molar-refractivity contribution in [2.24, 2.45) is 0 Å². The average molecular weight is 356 g/mol. The van der Waals surface area contributed by atoms with Gasteiger partial charge in [0.1, 0.15) is 17.2 Å². The average Bonchev–Trinajstić information content (AvgIpc) is 2.97. The summed E-state index contributed by atoms with van der Waals surface area (Å²) >= 11 is 0. The Bertz CT molecular complexity index is 929. The highest BCUT2D eigenvalue weighted by Crippen LogP contribution is 2.33. The second-order valence-electron chi connectivity index (χ2n) is 5.09. The fourth-order valence-electron chi connectivity index (χ4n) is 2.23. The third-order valence-electron chi connectivity index (χ3n) is 3.33. The van der Waals surface area contributed by atoms with Crippen molar-refractivity contribution in [3.8, 4) is 0 Å². The molecule has 4 nitrogen and oxygen atoms in total. The number of hydrogen-bond donors (Lipinski definition) is 1. The van der Waals surface area contributed by atoms with E-state index >= 15 is 0 Å². The molecule has 1 N–H and O–H groups in total. The Morgan fingerprint density at radius 2 is 1.72 bits per heavy atom. The number of alkyl halides is 3. The molecule has 0 atom stereocenters. The third kappa shape index (κ3) is 3.44. The first-order chi connectivity index (χ1) is 11.8. The molecule has 3 aromatic rings. The summed E-state index contributed by atoms with van der Waals surface area (Å²) in [6, 6.07) is 7.07. The summed E-state index contributed by atoms with van der Waals surface area (Å²) in [6.45, 7) is 0. The summed E-state index contributed by atoms with van der Waals surface area (Å²) in [5, 5.41) is 2.29. The molecule has 0 unspecified atom stereocenters. The maximum atomic E-state index is 13.6. The molecule has 0 aliphatic rings. The molecule has 0 saturated heterocycles. The zero-order chi connectivity index (χ0) is 18.2. The van der Waals surface area contributed by atoms with Crippen LogP contribution in [0.15, 0.2) is 40.8 Å². The van der Waals surface area contributed by atoms with Gasteiger partial charge >= 0.3 is 12.1 Å². The molecule has 0 aliphatic heterocycles. The molecule has 1 heterocycles. The molecule has 0 saturated carbocycles. The van der Waals surface area contributed by atoms with Crippen LogP contribution in [0, 0.1) is 11.6 Å². The van der Waals surface area contributed by atoms with E-state index < -0.39 is 41.6 Å². The van der Waals surface area contributed by atoms with Gasteiger partial charge in [-0.3, -0.25) is 4.79 Å². The standard InChI is InChI=1S/C16H9F5N2O2/c17-9-3-1-4-10(18)8(9)7-13(24)22-11-5-2-6-12-14(11)23-15(25-12)16(19,20)21/h1-6H,7H2,(H,22,24). The van der Waals surface area contributed by atoms with Gasteiger partial charge < -0.3 is 9.73 Å². The van der Waals surface area contributed by atoms with Crippen LogP contribution in [0.3, 0.4) is 0 Å². The number of halogens is 5. The van der Waals surface area contributed by atoms with Gasteiger partial charge in [-0.25, -0.2) is 13.8 Å². The number of carbonyl (C=O) groups is 1. The van der Waals surface area contributed by atoms with Gasteiger partial charge in [0.15, 0.2) is 5.58 Å². The third-order valence-corrected chi connectivity index (χ3v) is 3.33. The van der Waals surface area contributed by atoms with Crippen LogP contribution in [0.4, 0.5) is 27.6 Å². The fourth-order valence-corrected chi connectivity index (χ4v) is 2.23. The highest BCUT2D eigenvalue weighted by molar-refractivity contribution is 5.99. The van der Waals surface area contributed by atoms with Gasteiger partial charge in [-0.2, -0.15) is 13.2 Å². The number of para-hydroxylation sites is 1. The topological polar surface area (TPSA) is 55.1 Å². The number of rotatable bonds is 3. The van der Waals surface area contributed by atoms with E-state index in [0.717, 1.165) is 18.2 Å². The summed E-state index contributed by atoms with van der Waals surface area (Å²) in [6.07, 6.45) is -5.41. The molecular formula is C16H9F5N2O2. The Hall–Kier alpha value is -2.97. The highest BCUT2D eigenvalue weighted by Gasteiger charge is 2.37. The van der Waals surface area contributed by atoms with Gasteiger partial charge in [0.2, 0.25) is 5.91 Å². The molecule has 0 aliphatic carbocycles. The number of aromatic nitrogens is 1. The zero-order valence-corrected chi connectivity index (χ0v) is 12.3. The quantitative estimate of drug-likeness (QED) is 0.712. The van der Waals surface area contributed by atoms with Crippen molar-refractivity contribution in [3.05, 3.63) is 59.5 Å². The molecule has 3 rings (SSSR count). The Kier molecular flexibility index (Phi) is 4.15. The van der Waals surface area contributed by atoms with Gasteiger partial charge in [-0.05, 0) is 24.3 Å². The van der Waals surface area contributed by atoms with Crippen LogP contribution in [0.1, 0.15) is 11.5 Å². The van der Waals surface area contributed by atoms with Crippen molar-refractivity contribution in [1.29, 1.82) is 0 Å². The SMILES string of the molecule is O=C(Cc1c(F)cccc1F)Nc1cccc2oc(C(F)(F)F)nc12. The second kappa shape index (κ2) is 6.15. The van der Waals surface area contributed by atoms with E-state index in [1.807, 2.05) is 0 Å². The number of benzene rings is 2. The lowest BCUT2D eigenvalue weighted by Gasteiger charge is -2.07. The van der Waals surface area contributed by atoms with Gasteiger partial charge in [-0.1, -0.05) is 12.1 Å². The van der Waals surface area contributed by atoms with E-state index in [0.29, 0.717) is 0 Å². The first-order valence-corrected chi connectivity index (χ1v) is 6.95. The number of carbonyl (C=O) groups excluding carboxylic acids is 1. The monoisotopic (exact) mass is 356 g/mol. The number of fused-ring (bicyclic) bond motifs is 1. The lowest BCUT2D eigenvalue weighted by Crippen LogP contribution is -2.16. The summed E-state index contributed by atoms with van der Waals surface area (Å²) in [7, 11) is 0. The van der Waals surface area contributed by atoms with E-state index in [4.69, 9.17) is 0 Å². The molecule has 0 bridgehead atoms. The number of amides is 1. The second-order valence-corrected chi connectivity index (χ2v) is 5.09. The number of oxazole rings is 1. The largest absolute Gasteiger partial charge is 0.468 e. The Morgan fingerprint density at radius 1 is 1.08 bits per heavy atom. The number of anilines is 1. The van der Waals surface area contributed by atoms with Crippen LogP contribution in [0.25, 0.3) is 11.1 Å². The van der Waals surface area contributed by atoms with E-state index in [9.17, 15) is 26.7 Å². The Labute approximate surface area is 137 Å². The van der Waals surface area contributed by atoms with Crippen LogP contribution in [-0.2, 0) is 17.4 Å². The van der Waals surface area contributed by atoms with E-state index in [1.54, 1.807) is 0 Å². The van der Waals surface area contributed by atoms with Gasteiger partial charge in [0.05, 0.1) is 12.1 Å². The maximum Gasteiger partial charge on any atom is 0.468 e. The smallest absolute Gasteiger partial charge is 0.433 e. The predicted molar refractivity (Wildman–Crippen MR) is 77.7 cm³/mol. The minimum Gasteiger partial charge on any atom is -0.433 e. The molecule has 1 aromatic heterocycles. The molecule has 9 heteroatoms. The Balaban J connectivity index is 1.88. The predicted octanol–water partition coefficient (Wildman–Crippen LogP) is 4.31. The van der Waals surface area contributed by atoms with Crippen molar-refractivity contribution < 1.29 is 31.2 Å². The normalized spacial score (nSPS) is 11.7. The van der Waals surface area contributed by atoms with Crippen LogP contribution in [-0.4, -0.2) is 10.9 Å². The lowest BCUT2D eigenvalue weighted by atomic mass is 10.1. The number of hydrogen-bond acceptors (Lipinski definition) is 3. The molecule has 1 amide bonds. The molecular weight excluding hydrogens is 347 g/mol. The van der Waals surface area contributed by atoms with Gasteiger partial charge in [0, 0.05) is 5.56 Å². The summed E-state index contributed by atoms with van der Waals surface area (Å²) in [5.74, 6) is -4.05. The van der Waals surface area contributed by atoms with Crippen LogP contribution >= 0.6 is 0 Å². The zero-order valence-electron chi connectivity index (χ0n) is 12.3. The Morgan fingerprint density at radius 3 is 2.36 bits per heavy atom. The number of nitrogens with zero attached hydrogens (tertiary/aromatic N) is 1. The molecule has 0 fully saturated rings. The summed E-state index contributed by atoms with van der Waals surface area (Å²) < 4.78 is 69.7. The van der Waals surface area contributed by atoms with Gasteiger partial charge in [0.25, 0.3) is 0 Å². The minimum atomic E-state index is -4.78. The van der Waals surface area contributed by atoms with E-state index in [2.05, 4.69) is 14.7 Å². The van der Waals surface area contributed by atoms with Crippen LogP contribution in [0.5, 0.6) is 0 Å². The van der Waals surface area contributed by atoms with Crippen molar-refractivity contribution in [3.63, 3.8) is 0 Å². The van der Waals surface area contributed by atoms with Crippen LogP contribution < -0.4 is 5.32 Å². The minimum absolute atomic E-state index is 0.0569. The first kappa shape index (κ1) is 16.9. The lowest BCUT2D eigenvalue weighted by molar-refractivity contribution is -0.156. The molecule has 0 spiro atoms. The summed E-state index contributed by atoms with van der Waals surface area (Å²) in [4.78, 5) is 15.3. The van der Waals surface area contributed by atoms with Gasteiger partial charge in [-0.15, -0.1) is 0 Å². The molecule has 25 heavy (non-hydrogen) atoms. The summed E-state index contributed by atoms with van der Waals surface area (Å²) in [5.41, 5.74) is -0.888. The van der Waals surface area contributed by atoms with E-state index in [1.165, 1.54) is 18.2 Å². The van der Waals surface area contributed by atoms with Crippen molar-refractivity contribution in [2.45, 2.75) is 12.6 Å². The number of nitrogens with one attached hydrogen (secondary N) is 1. The van der Waals surface area contributed by atoms with Crippen molar-refractivity contribution in [2.75, 3.05) is 5.32 Å². The molecule has 0 radical (unpaired) electrons. The van der Waals surface area contributed by atoms with Crippen molar-refractivity contribution in [1.82, 2.24) is 4.98 Å². The molecule has 130 valence electrons. The van der Waals surface area contributed by atoms with E-state index in [-0.39, 0.29) is 16.8 Å².